The number of piperazine rings is 1. The third kappa shape index (κ3) is 6.03. The largest absolute Gasteiger partial charge is 0.481 e. The van der Waals surface area contributed by atoms with Crippen molar-refractivity contribution < 1.29 is 38.3 Å². The molecule has 1 fully saturated rings. The van der Waals surface area contributed by atoms with E-state index in [2.05, 4.69) is 5.32 Å². The molecule has 41 heavy (non-hydrogen) atoms. The Labute approximate surface area is 233 Å². The highest BCUT2D eigenvalue weighted by Crippen LogP contribution is 2.34. The number of nitro benzene ring substituents is 1. The second-order valence-electron chi connectivity index (χ2n) is 9.48. The molecule has 0 aliphatic carbocycles. The predicted molar refractivity (Wildman–Crippen MR) is 143 cm³/mol. The number of rotatable bonds is 8. The smallest absolute Gasteiger partial charge is 0.305 e. The first-order chi connectivity index (χ1) is 19.7. The zero-order chi connectivity index (χ0) is 29.1. The monoisotopic (exact) mass is 564 g/mol. The van der Waals surface area contributed by atoms with E-state index in [-0.39, 0.29) is 24.0 Å². The number of fused-ring (bicyclic) bond motifs is 1. The average Bonchev–Trinajstić information content (AvgIpc) is 3.44. The second-order valence-corrected chi connectivity index (χ2v) is 9.48. The summed E-state index contributed by atoms with van der Waals surface area (Å²) in [6, 6.07) is 13.0. The Kier molecular flexibility index (Phi) is 7.68. The van der Waals surface area contributed by atoms with Crippen LogP contribution >= 0.6 is 0 Å². The number of aliphatic carboxylic acids is 1. The highest BCUT2D eigenvalue weighted by molar-refractivity contribution is 5.97. The van der Waals surface area contributed by atoms with Gasteiger partial charge < -0.3 is 29.7 Å². The molecule has 5 rings (SSSR count). The Hall–Kier alpha value is -5.20. The SMILES string of the molecule is O=C(O)CC(NC(=O)c1ccc(N2CCN(C(=O)c3ccc4c(c3)OCO4)CC2)c([N+](=O)[O-])c1)c1ccc(F)cc1. The Morgan fingerprint density at radius 1 is 0.951 bits per heavy atom. The number of carbonyl (C=O) groups is 3. The van der Waals surface area contributed by atoms with E-state index in [1.165, 1.54) is 24.3 Å². The maximum atomic E-state index is 13.3. The van der Waals surface area contributed by atoms with Gasteiger partial charge in [0.2, 0.25) is 6.79 Å². The van der Waals surface area contributed by atoms with Gasteiger partial charge in [-0.2, -0.15) is 0 Å². The third-order valence-corrected chi connectivity index (χ3v) is 6.92. The van der Waals surface area contributed by atoms with Crippen LogP contribution in [0, 0.1) is 15.9 Å². The molecular formula is C28H25FN4O8. The maximum Gasteiger partial charge on any atom is 0.305 e. The molecule has 13 heteroatoms. The van der Waals surface area contributed by atoms with E-state index in [1.54, 1.807) is 28.0 Å². The van der Waals surface area contributed by atoms with Crippen LogP contribution in [0.2, 0.25) is 0 Å². The lowest BCUT2D eigenvalue weighted by Crippen LogP contribution is -2.49. The van der Waals surface area contributed by atoms with Crippen molar-refractivity contribution in [2.45, 2.75) is 12.5 Å². The van der Waals surface area contributed by atoms with Crippen molar-refractivity contribution in [2.75, 3.05) is 37.9 Å². The molecule has 2 amide bonds. The van der Waals surface area contributed by atoms with E-state index in [0.29, 0.717) is 54.5 Å². The van der Waals surface area contributed by atoms with Crippen molar-refractivity contribution in [1.29, 1.82) is 0 Å². The fourth-order valence-electron chi connectivity index (χ4n) is 4.80. The summed E-state index contributed by atoms with van der Waals surface area (Å²) in [5.41, 5.74) is 0.786. The van der Waals surface area contributed by atoms with Crippen LogP contribution in [0.1, 0.15) is 38.7 Å². The minimum absolute atomic E-state index is 0.0328. The molecule has 3 aromatic rings. The summed E-state index contributed by atoms with van der Waals surface area (Å²) in [7, 11) is 0. The molecule has 2 aliphatic heterocycles. The van der Waals surface area contributed by atoms with Crippen molar-refractivity contribution in [1.82, 2.24) is 10.2 Å². The van der Waals surface area contributed by atoms with Crippen LogP contribution in [0.4, 0.5) is 15.8 Å². The van der Waals surface area contributed by atoms with Gasteiger partial charge in [0.1, 0.15) is 11.5 Å². The van der Waals surface area contributed by atoms with Gasteiger partial charge in [-0.15, -0.1) is 0 Å². The van der Waals surface area contributed by atoms with Crippen LogP contribution in [0.3, 0.4) is 0 Å². The number of ether oxygens (including phenoxy) is 2. The number of benzene rings is 3. The summed E-state index contributed by atoms with van der Waals surface area (Å²) >= 11 is 0. The standard InChI is InChI=1S/C28H25FN4O8/c29-20-5-1-17(2-6-20)21(15-26(34)35)30-27(36)18-3-7-22(23(13-18)33(38)39)31-9-11-32(12-10-31)28(37)19-4-8-24-25(14-19)41-16-40-24/h1-8,13-14,21H,9-12,15-16H2,(H,30,36)(H,34,35). The van der Waals surface area contributed by atoms with Gasteiger partial charge in [0.25, 0.3) is 17.5 Å². The lowest BCUT2D eigenvalue weighted by atomic mass is 10.0. The van der Waals surface area contributed by atoms with Crippen LogP contribution in [0.15, 0.2) is 60.7 Å². The third-order valence-electron chi connectivity index (χ3n) is 6.92. The summed E-state index contributed by atoms with van der Waals surface area (Å²) in [6.45, 7) is 1.40. The Morgan fingerprint density at radius 3 is 2.32 bits per heavy atom. The van der Waals surface area contributed by atoms with Crippen molar-refractivity contribution in [2.24, 2.45) is 0 Å². The average molecular weight is 565 g/mol. The second kappa shape index (κ2) is 11.5. The summed E-state index contributed by atoms with van der Waals surface area (Å²) < 4.78 is 24.0. The summed E-state index contributed by atoms with van der Waals surface area (Å²) in [6.07, 6.45) is -0.465. The van der Waals surface area contributed by atoms with Gasteiger partial charge in [-0.3, -0.25) is 24.5 Å². The minimum atomic E-state index is -1.18. The van der Waals surface area contributed by atoms with Crippen LogP contribution < -0.4 is 19.7 Å². The van der Waals surface area contributed by atoms with E-state index in [4.69, 9.17) is 9.47 Å². The molecule has 0 aromatic heterocycles. The van der Waals surface area contributed by atoms with Gasteiger partial charge in [0.05, 0.1) is 17.4 Å². The Bertz CT molecular complexity index is 1510. The number of carboxylic acid groups (broad SMARTS) is 1. The first-order valence-electron chi connectivity index (χ1n) is 12.7. The van der Waals surface area contributed by atoms with Crippen molar-refractivity contribution in [3.63, 3.8) is 0 Å². The van der Waals surface area contributed by atoms with Gasteiger partial charge in [0, 0.05) is 43.4 Å². The van der Waals surface area contributed by atoms with Crippen LogP contribution in [0.5, 0.6) is 11.5 Å². The molecule has 0 radical (unpaired) electrons. The molecule has 12 nitrogen and oxygen atoms in total. The molecule has 1 saturated heterocycles. The molecule has 2 heterocycles. The van der Waals surface area contributed by atoms with Crippen molar-refractivity contribution in [3.05, 3.63) is 93.3 Å². The summed E-state index contributed by atoms with van der Waals surface area (Å²) in [4.78, 5) is 52.2. The number of hydrogen-bond acceptors (Lipinski definition) is 8. The first-order valence-corrected chi connectivity index (χ1v) is 12.7. The molecular weight excluding hydrogens is 539 g/mol. The van der Waals surface area contributed by atoms with Gasteiger partial charge in [-0.05, 0) is 48.0 Å². The number of hydrogen-bond donors (Lipinski definition) is 2. The van der Waals surface area contributed by atoms with Crippen LogP contribution in [-0.2, 0) is 4.79 Å². The van der Waals surface area contributed by atoms with Gasteiger partial charge >= 0.3 is 5.97 Å². The topological polar surface area (TPSA) is 152 Å². The maximum absolute atomic E-state index is 13.3. The number of carbonyl (C=O) groups excluding carboxylic acids is 2. The van der Waals surface area contributed by atoms with Crippen LogP contribution in [-0.4, -0.2) is 65.7 Å². The minimum Gasteiger partial charge on any atom is -0.481 e. The molecule has 1 unspecified atom stereocenters. The fourth-order valence-corrected chi connectivity index (χ4v) is 4.80. The zero-order valence-electron chi connectivity index (χ0n) is 21.6. The number of nitro groups is 1. The lowest BCUT2D eigenvalue weighted by Gasteiger charge is -2.36. The normalized spacial score (nSPS) is 14.9. The Balaban J connectivity index is 1.28. The number of nitrogens with one attached hydrogen (secondary N) is 1. The molecule has 212 valence electrons. The number of carboxylic acids is 1. The molecule has 1 atom stereocenters. The quantitative estimate of drug-likeness (QED) is 0.310. The predicted octanol–water partition coefficient (Wildman–Crippen LogP) is 3.37. The molecule has 3 aromatic carbocycles. The van der Waals surface area contributed by atoms with E-state index in [0.717, 1.165) is 18.2 Å². The molecule has 0 saturated carbocycles. The highest BCUT2D eigenvalue weighted by Gasteiger charge is 2.29. The fraction of sp³-hybridized carbons (Fsp3) is 0.250. The van der Waals surface area contributed by atoms with E-state index >= 15 is 0 Å². The number of amides is 2. The first kappa shape index (κ1) is 27.4. The van der Waals surface area contributed by atoms with Crippen molar-refractivity contribution in [3.8, 4) is 11.5 Å². The highest BCUT2D eigenvalue weighted by atomic mass is 19.1. The van der Waals surface area contributed by atoms with Gasteiger partial charge in [-0.1, -0.05) is 12.1 Å². The number of halogens is 1. The van der Waals surface area contributed by atoms with Gasteiger partial charge in [-0.25, -0.2) is 4.39 Å². The molecule has 0 bridgehead atoms. The number of nitrogens with zero attached hydrogens (tertiary/aromatic N) is 3. The number of anilines is 1. The summed E-state index contributed by atoms with van der Waals surface area (Å²) in [5.74, 6) is -1.53. The molecule has 2 N–H and O–H groups in total. The molecule has 0 spiro atoms. The van der Waals surface area contributed by atoms with Crippen LogP contribution in [0.25, 0.3) is 0 Å². The molecule has 2 aliphatic rings. The lowest BCUT2D eigenvalue weighted by molar-refractivity contribution is -0.384. The van der Waals surface area contributed by atoms with E-state index in [1.807, 2.05) is 0 Å². The Morgan fingerprint density at radius 2 is 1.63 bits per heavy atom. The van der Waals surface area contributed by atoms with Gasteiger partial charge in [0.15, 0.2) is 11.5 Å². The van der Waals surface area contributed by atoms with Crippen molar-refractivity contribution >= 4 is 29.2 Å². The zero-order valence-corrected chi connectivity index (χ0v) is 21.6. The van der Waals surface area contributed by atoms with E-state index < -0.39 is 35.1 Å². The van der Waals surface area contributed by atoms with E-state index in [9.17, 15) is 34.0 Å². The summed E-state index contributed by atoms with van der Waals surface area (Å²) in [5, 5.41) is 23.8.